The number of benzene rings is 1. The molecule has 0 bridgehead atoms. The monoisotopic (exact) mass is 320 g/mol. The van der Waals surface area contributed by atoms with E-state index in [0.29, 0.717) is 18.1 Å². The van der Waals surface area contributed by atoms with Crippen LogP contribution in [-0.4, -0.2) is 43.0 Å². The highest BCUT2D eigenvalue weighted by atomic mass is 32.2. The van der Waals surface area contributed by atoms with Gasteiger partial charge in [-0.25, -0.2) is 8.42 Å². The molecule has 1 aromatic carbocycles. The molecule has 0 N–H and O–H groups in total. The van der Waals surface area contributed by atoms with E-state index in [9.17, 15) is 22.9 Å². The number of nitrogens with zero attached hydrogens (tertiary/aromatic N) is 2. The number of sulfone groups is 1. The molecule has 1 heterocycles. The molecule has 1 aromatic rings. The van der Waals surface area contributed by atoms with Crippen LogP contribution < -0.4 is 4.90 Å². The molecular formula is C11H13FN2O4S2. The topological polar surface area (TPSA) is 80.5 Å². The quantitative estimate of drug-likeness (QED) is 0.622. The van der Waals surface area contributed by atoms with Crippen LogP contribution in [0.5, 0.6) is 0 Å². The van der Waals surface area contributed by atoms with Gasteiger partial charge in [-0.2, -0.15) is 16.2 Å². The van der Waals surface area contributed by atoms with Gasteiger partial charge in [-0.15, -0.1) is 0 Å². The van der Waals surface area contributed by atoms with E-state index in [2.05, 4.69) is 0 Å². The highest BCUT2D eigenvalue weighted by Crippen LogP contribution is 2.35. The first kappa shape index (κ1) is 15.0. The summed E-state index contributed by atoms with van der Waals surface area (Å²) in [6.45, 7) is 0.326. The minimum atomic E-state index is -3.42. The van der Waals surface area contributed by atoms with Crippen molar-refractivity contribution in [1.82, 2.24) is 0 Å². The van der Waals surface area contributed by atoms with E-state index in [0.717, 1.165) is 12.3 Å². The summed E-state index contributed by atoms with van der Waals surface area (Å²) < 4.78 is 37.3. The number of thioether (sulfide) groups is 1. The fourth-order valence-electron chi connectivity index (χ4n) is 2.13. The van der Waals surface area contributed by atoms with E-state index in [4.69, 9.17) is 0 Å². The summed E-state index contributed by atoms with van der Waals surface area (Å²) in [5, 5.41) is 10.2. The molecule has 0 saturated carbocycles. The highest BCUT2D eigenvalue weighted by Gasteiger charge is 2.35. The van der Waals surface area contributed by atoms with E-state index < -0.39 is 31.6 Å². The minimum Gasteiger partial charge on any atom is -0.348 e. The lowest BCUT2D eigenvalue weighted by Gasteiger charge is -2.35. The van der Waals surface area contributed by atoms with E-state index in [-0.39, 0.29) is 5.69 Å². The summed E-state index contributed by atoms with van der Waals surface area (Å²) >= 11 is 1.46. The van der Waals surface area contributed by atoms with Crippen LogP contribution in [0.25, 0.3) is 0 Å². The Bertz CT molecular complexity index is 635. The van der Waals surface area contributed by atoms with Crippen LogP contribution in [0.3, 0.4) is 0 Å². The van der Waals surface area contributed by atoms with Crippen molar-refractivity contribution in [3.8, 4) is 0 Å². The summed E-state index contributed by atoms with van der Waals surface area (Å²) in [5.74, 6) is -0.00962. The number of nitro benzene ring substituents is 1. The zero-order valence-corrected chi connectivity index (χ0v) is 12.3. The summed E-state index contributed by atoms with van der Waals surface area (Å²) in [6.07, 6.45) is 1.08. The molecule has 0 radical (unpaired) electrons. The SMILES string of the molecule is CS(=O)(=O)C1CSCCN1c1cccc(F)c1[N+](=O)[O-]. The van der Waals surface area contributed by atoms with Gasteiger partial charge in [-0.1, -0.05) is 6.07 Å². The minimum absolute atomic E-state index is 0.0192. The summed E-state index contributed by atoms with van der Waals surface area (Å²) in [7, 11) is -3.42. The Morgan fingerprint density at radius 3 is 2.80 bits per heavy atom. The maximum Gasteiger partial charge on any atom is 0.327 e. The number of para-hydroxylation sites is 1. The number of halogens is 1. The maximum absolute atomic E-state index is 13.7. The van der Waals surface area contributed by atoms with Gasteiger partial charge in [0.1, 0.15) is 11.1 Å². The molecule has 6 nitrogen and oxygen atoms in total. The van der Waals surface area contributed by atoms with Gasteiger partial charge in [0.2, 0.25) is 5.82 Å². The third-order valence-corrected chi connectivity index (χ3v) is 5.68. The van der Waals surface area contributed by atoms with Gasteiger partial charge < -0.3 is 4.90 Å². The molecule has 0 aromatic heterocycles. The molecule has 1 atom stereocenters. The number of hydrogen-bond donors (Lipinski definition) is 0. The fraction of sp³-hybridized carbons (Fsp3) is 0.455. The zero-order valence-electron chi connectivity index (χ0n) is 10.7. The van der Waals surface area contributed by atoms with Crippen LogP contribution in [0.1, 0.15) is 0 Å². The van der Waals surface area contributed by atoms with Gasteiger partial charge in [-0.05, 0) is 12.1 Å². The number of rotatable bonds is 3. The Hall–Kier alpha value is -1.35. The molecule has 110 valence electrons. The van der Waals surface area contributed by atoms with Crippen molar-refractivity contribution in [2.45, 2.75) is 5.37 Å². The van der Waals surface area contributed by atoms with Gasteiger partial charge in [0, 0.05) is 24.3 Å². The fourth-order valence-corrected chi connectivity index (χ4v) is 4.96. The Balaban J connectivity index is 2.54. The van der Waals surface area contributed by atoms with Crippen LogP contribution >= 0.6 is 11.8 Å². The first-order valence-corrected chi connectivity index (χ1v) is 8.89. The summed E-state index contributed by atoms with van der Waals surface area (Å²) in [6, 6.07) is 3.73. The first-order valence-electron chi connectivity index (χ1n) is 5.78. The molecule has 1 fully saturated rings. The molecular weight excluding hydrogens is 307 g/mol. The zero-order chi connectivity index (χ0) is 14.9. The molecule has 0 amide bonds. The van der Waals surface area contributed by atoms with Crippen LogP contribution in [0.15, 0.2) is 18.2 Å². The predicted octanol–water partition coefficient (Wildman–Crippen LogP) is 1.66. The van der Waals surface area contributed by atoms with Crippen LogP contribution in [0, 0.1) is 15.9 Å². The van der Waals surface area contributed by atoms with Gasteiger partial charge in [0.15, 0.2) is 9.84 Å². The van der Waals surface area contributed by atoms with Crippen molar-refractivity contribution in [1.29, 1.82) is 0 Å². The highest BCUT2D eigenvalue weighted by molar-refractivity contribution is 8.01. The second-order valence-corrected chi connectivity index (χ2v) is 7.77. The van der Waals surface area contributed by atoms with Crippen molar-refractivity contribution in [3.05, 3.63) is 34.1 Å². The molecule has 1 aliphatic heterocycles. The summed E-state index contributed by atoms with van der Waals surface area (Å²) in [5.41, 5.74) is -0.654. The van der Waals surface area contributed by atoms with Crippen molar-refractivity contribution < 1.29 is 17.7 Å². The lowest BCUT2D eigenvalue weighted by Crippen LogP contribution is -2.47. The van der Waals surface area contributed by atoms with E-state index in [1.807, 2.05) is 0 Å². The third kappa shape index (κ3) is 2.88. The molecule has 2 rings (SSSR count). The van der Waals surface area contributed by atoms with Crippen molar-refractivity contribution in [2.24, 2.45) is 0 Å². The lowest BCUT2D eigenvalue weighted by atomic mass is 10.2. The predicted molar refractivity (Wildman–Crippen MR) is 76.4 cm³/mol. The van der Waals surface area contributed by atoms with Crippen LogP contribution in [0.4, 0.5) is 15.8 Å². The maximum atomic E-state index is 13.7. The molecule has 20 heavy (non-hydrogen) atoms. The number of hydrogen-bond acceptors (Lipinski definition) is 6. The Morgan fingerprint density at radius 1 is 1.50 bits per heavy atom. The lowest BCUT2D eigenvalue weighted by molar-refractivity contribution is -0.386. The molecule has 1 aliphatic rings. The largest absolute Gasteiger partial charge is 0.348 e. The van der Waals surface area contributed by atoms with E-state index in [1.165, 1.54) is 28.8 Å². The number of anilines is 1. The van der Waals surface area contributed by atoms with E-state index >= 15 is 0 Å². The second kappa shape index (κ2) is 5.57. The number of nitro groups is 1. The summed E-state index contributed by atoms with van der Waals surface area (Å²) in [4.78, 5) is 11.6. The Morgan fingerprint density at radius 2 is 2.20 bits per heavy atom. The van der Waals surface area contributed by atoms with Crippen molar-refractivity contribution in [3.63, 3.8) is 0 Å². The average Bonchev–Trinajstić information content (AvgIpc) is 2.37. The molecule has 1 unspecified atom stereocenters. The van der Waals surface area contributed by atoms with Crippen LogP contribution in [-0.2, 0) is 9.84 Å². The van der Waals surface area contributed by atoms with Gasteiger partial charge in [0.05, 0.1) is 4.92 Å². The normalized spacial score (nSPS) is 19.9. The van der Waals surface area contributed by atoms with E-state index in [1.54, 1.807) is 0 Å². The average molecular weight is 320 g/mol. The standard InChI is InChI=1S/C11H13FN2O4S2/c1-20(17,18)10-7-19-6-5-13(10)9-4-2-3-8(12)11(9)14(15)16/h2-4,10H,5-7H2,1H3. The molecule has 1 saturated heterocycles. The molecule has 0 spiro atoms. The second-order valence-electron chi connectivity index (χ2n) is 4.42. The van der Waals surface area contributed by atoms with Gasteiger partial charge in [-0.3, -0.25) is 10.1 Å². The Labute approximate surface area is 120 Å². The smallest absolute Gasteiger partial charge is 0.327 e. The van der Waals surface area contributed by atoms with Crippen molar-refractivity contribution in [2.75, 3.05) is 29.2 Å². The molecule has 0 aliphatic carbocycles. The Kier molecular flexibility index (Phi) is 4.19. The van der Waals surface area contributed by atoms with Gasteiger partial charge >= 0.3 is 5.69 Å². The van der Waals surface area contributed by atoms with Gasteiger partial charge in [0.25, 0.3) is 0 Å². The molecule has 9 heteroatoms. The first-order chi connectivity index (χ1) is 9.32. The van der Waals surface area contributed by atoms with Crippen LogP contribution in [0.2, 0.25) is 0 Å². The third-order valence-electron chi connectivity index (χ3n) is 3.04. The van der Waals surface area contributed by atoms with Crippen molar-refractivity contribution >= 4 is 33.0 Å².